The van der Waals surface area contributed by atoms with Gasteiger partial charge >= 0.3 is 0 Å². The van der Waals surface area contributed by atoms with Crippen LogP contribution in [0.1, 0.15) is 17.5 Å². The molecule has 3 rings (SSSR count). The first-order valence-corrected chi connectivity index (χ1v) is 10.0. The van der Waals surface area contributed by atoms with Gasteiger partial charge in [0.05, 0.1) is 23.9 Å². The maximum atomic E-state index is 11.6. The standard InChI is InChI=1S/C15H21N5O2S2/c1-11-4-5-14(12(2)8-11)20-15(23)19(16-17-20)10-18(3)13-6-7-24(21,22)9-13/h4-5,8,13H,6-7,9-10H2,1-3H3/t13-/m1/s1. The summed E-state index contributed by atoms with van der Waals surface area (Å²) >= 11 is 5.49. The third-order valence-electron chi connectivity index (χ3n) is 4.41. The molecule has 2 aromatic rings. The number of aryl methyl sites for hydroxylation is 2. The number of rotatable bonds is 4. The van der Waals surface area contributed by atoms with Crippen molar-refractivity contribution in [1.82, 2.24) is 24.7 Å². The number of benzene rings is 1. The molecular weight excluding hydrogens is 346 g/mol. The highest BCUT2D eigenvalue weighted by atomic mass is 32.2. The number of hydrogen-bond acceptors (Lipinski definition) is 6. The van der Waals surface area contributed by atoms with Crippen molar-refractivity contribution < 1.29 is 8.42 Å². The smallest absolute Gasteiger partial charge is 0.221 e. The van der Waals surface area contributed by atoms with Crippen LogP contribution in [0.2, 0.25) is 0 Å². The van der Waals surface area contributed by atoms with Crippen molar-refractivity contribution in [3.63, 3.8) is 0 Å². The molecule has 0 radical (unpaired) electrons. The van der Waals surface area contributed by atoms with E-state index in [1.165, 1.54) is 5.56 Å². The Kier molecular flexibility index (Phi) is 4.58. The van der Waals surface area contributed by atoms with Gasteiger partial charge in [0, 0.05) is 6.04 Å². The second-order valence-electron chi connectivity index (χ2n) is 6.42. The van der Waals surface area contributed by atoms with Crippen LogP contribution >= 0.6 is 12.2 Å². The molecule has 7 nitrogen and oxygen atoms in total. The molecule has 0 unspecified atom stereocenters. The summed E-state index contributed by atoms with van der Waals surface area (Å²) in [7, 11) is -1.02. The molecule has 1 aliphatic heterocycles. The molecule has 0 spiro atoms. The Morgan fingerprint density at radius 2 is 2.08 bits per heavy atom. The van der Waals surface area contributed by atoms with Gasteiger partial charge in [-0.2, -0.15) is 4.68 Å². The minimum Gasteiger partial charge on any atom is -0.283 e. The van der Waals surface area contributed by atoms with Crippen molar-refractivity contribution in [3.05, 3.63) is 34.1 Å². The predicted molar refractivity (Wildman–Crippen MR) is 94.5 cm³/mol. The first-order chi connectivity index (χ1) is 11.3. The minimum atomic E-state index is -2.91. The van der Waals surface area contributed by atoms with Crippen molar-refractivity contribution in [1.29, 1.82) is 0 Å². The maximum Gasteiger partial charge on any atom is 0.221 e. The van der Waals surface area contributed by atoms with E-state index in [0.717, 1.165) is 11.3 Å². The minimum absolute atomic E-state index is 0.00293. The van der Waals surface area contributed by atoms with Gasteiger partial charge in [-0.25, -0.2) is 13.1 Å². The number of tetrazole rings is 1. The van der Waals surface area contributed by atoms with Crippen LogP contribution in [-0.2, 0) is 16.5 Å². The molecule has 0 aliphatic carbocycles. The van der Waals surface area contributed by atoms with E-state index < -0.39 is 9.84 Å². The van der Waals surface area contributed by atoms with Gasteiger partial charge in [-0.3, -0.25) is 4.90 Å². The van der Waals surface area contributed by atoms with Gasteiger partial charge in [-0.15, -0.1) is 0 Å². The van der Waals surface area contributed by atoms with E-state index in [1.54, 1.807) is 9.36 Å². The normalized spacial score (nSPS) is 19.9. The van der Waals surface area contributed by atoms with Crippen molar-refractivity contribution in [2.24, 2.45) is 0 Å². The van der Waals surface area contributed by atoms with Crippen LogP contribution in [0.25, 0.3) is 5.69 Å². The van der Waals surface area contributed by atoms with Crippen molar-refractivity contribution in [2.45, 2.75) is 33.0 Å². The summed E-state index contributed by atoms with van der Waals surface area (Å²) in [6, 6.07) is 6.07. The van der Waals surface area contributed by atoms with E-state index in [0.29, 0.717) is 17.9 Å². The lowest BCUT2D eigenvalue weighted by molar-refractivity contribution is 0.195. The number of nitrogens with zero attached hydrogens (tertiary/aromatic N) is 5. The highest BCUT2D eigenvalue weighted by Gasteiger charge is 2.30. The predicted octanol–water partition coefficient (Wildman–Crippen LogP) is 1.49. The maximum absolute atomic E-state index is 11.6. The Hall–Kier alpha value is -1.58. The molecule has 0 N–H and O–H groups in total. The first kappa shape index (κ1) is 17.2. The van der Waals surface area contributed by atoms with Crippen molar-refractivity contribution in [2.75, 3.05) is 18.6 Å². The lowest BCUT2D eigenvalue weighted by Gasteiger charge is -2.22. The topological polar surface area (TPSA) is 73.0 Å². The van der Waals surface area contributed by atoms with E-state index in [1.807, 2.05) is 37.9 Å². The molecule has 0 amide bonds. The van der Waals surface area contributed by atoms with E-state index in [9.17, 15) is 8.42 Å². The van der Waals surface area contributed by atoms with E-state index in [2.05, 4.69) is 16.5 Å². The van der Waals surface area contributed by atoms with E-state index in [-0.39, 0.29) is 17.5 Å². The third kappa shape index (κ3) is 3.42. The summed E-state index contributed by atoms with van der Waals surface area (Å²) < 4.78 is 27.0. The van der Waals surface area contributed by atoms with Gasteiger partial charge in [0.2, 0.25) is 4.77 Å². The molecule has 1 aromatic heterocycles. The fourth-order valence-corrected chi connectivity index (χ4v) is 5.04. The molecule has 1 aliphatic rings. The highest BCUT2D eigenvalue weighted by Crippen LogP contribution is 2.18. The molecule has 0 saturated carbocycles. The molecule has 0 bridgehead atoms. The summed E-state index contributed by atoms with van der Waals surface area (Å²) in [5.74, 6) is 0.449. The van der Waals surface area contributed by atoms with Crippen molar-refractivity contribution in [3.8, 4) is 5.69 Å². The SMILES string of the molecule is Cc1ccc(-n2nnn(CN(C)[C@@H]3CCS(=O)(=O)C3)c2=S)c(C)c1. The highest BCUT2D eigenvalue weighted by molar-refractivity contribution is 7.91. The second kappa shape index (κ2) is 6.38. The monoisotopic (exact) mass is 367 g/mol. The molecule has 1 aromatic carbocycles. The lowest BCUT2D eigenvalue weighted by Crippen LogP contribution is -2.34. The van der Waals surface area contributed by atoms with Crippen LogP contribution in [0.3, 0.4) is 0 Å². The summed E-state index contributed by atoms with van der Waals surface area (Å²) in [5.41, 5.74) is 3.16. The molecule has 1 fully saturated rings. The van der Waals surface area contributed by atoms with Gasteiger partial charge in [0.25, 0.3) is 0 Å². The fourth-order valence-electron chi connectivity index (χ4n) is 3.01. The quantitative estimate of drug-likeness (QED) is 0.763. The molecule has 130 valence electrons. The van der Waals surface area contributed by atoms with E-state index in [4.69, 9.17) is 12.2 Å². The second-order valence-corrected chi connectivity index (χ2v) is 9.01. The number of hydrogen-bond donors (Lipinski definition) is 0. The zero-order valence-electron chi connectivity index (χ0n) is 14.0. The molecule has 24 heavy (non-hydrogen) atoms. The largest absolute Gasteiger partial charge is 0.283 e. The van der Waals surface area contributed by atoms with Crippen LogP contribution < -0.4 is 0 Å². The number of sulfone groups is 1. The van der Waals surface area contributed by atoms with Gasteiger partial charge < -0.3 is 0 Å². The molecule has 1 saturated heterocycles. The summed E-state index contributed by atoms with van der Waals surface area (Å²) in [4.78, 5) is 1.97. The Morgan fingerprint density at radius 3 is 2.71 bits per heavy atom. The Labute approximate surface area is 146 Å². The first-order valence-electron chi connectivity index (χ1n) is 7.78. The fraction of sp³-hybridized carbons (Fsp3) is 0.533. The average Bonchev–Trinajstić information content (AvgIpc) is 3.03. The lowest BCUT2D eigenvalue weighted by atomic mass is 10.1. The van der Waals surface area contributed by atoms with Crippen molar-refractivity contribution >= 4 is 22.1 Å². The van der Waals surface area contributed by atoms with Crippen LogP contribution in [0.5, 0.6) is 0 Å². The zero-order chi connectivity index (χ0) is 17.5. The van der Waals surface area contributed by atoms with Crippen LogP contribution in [-0.4, -0.2) is 57.7 Å². The Bertz CT molecular complexity index is 916. The van der Waals surface area contributed by atoms with Crippen LogP contribution in [0.15, 0.2) is 18.2 Å². The van der Waals surface area contributed by atoms with E-state index >= 15 is 0 Å². The molecule has 1 atom stereocenters. The zero-order valence-corrected chi connectivity index (χ0v) is 15.6. The Balaban J connectivity index is 1.82. The van der Waals surface area contributed by atoms with Gasteiger partial charge in [0.1, 0.15) is 0 Å². The summed E-state index contributed by atoms with van der Waals surface area (Å²) in [6.07, 6.45) is 0.650. The molecular formula is C15H21N5O2S2. The molecule has 2 heterocycles. The van der Waals surface area contributed by atoms with Crippen LogP contribution in [0.4, 0.5) is 0 Å². The average molecular weight is 368 g/mol. The van der Waals surface area contributed by atoms with Gasteiger partial charge in [-0.05, 0) is 61.6 Å². The Morgan fingerprint density at radius 1 is 1.33 bits per heavy atom. The van der Waals surface area contributed by atoms with Gasteiger partial charge in [-0.1, -0.05) is 17.7 Å². The van der Waals surface area contributed by atoms with Gasteiger partial charge in [0.15, 0.2) is 9.84 Å². The van der Waals surface area contributed by atoms with Crippen LogP contribution in [0, 0.1) is 18.6 Å². The summed E-state index contributed by atoms with van der Waals surface area (Å²) in [5, 5.41) is 8.30. The summed E-state index contributed by atoms with van der Waals surface area (Å²) in [6.45, 7) is 4.47. The molecule has 9 heteroatoms. The number of aromatic nitrogens is 4. The third-order valence-corrected chi connectivity index (χ3v) is 6.54.